The van der Waals surface area contributed by atoms with Gasteiger partial charge in [-0.1, -0.05) is 24.9 Å². The van der Waals surface area contributed by atoms with E-state index in [4.69, 9.17) is 22.1 Å². The van der Waals surface area contributed by atoms with E-state index in [1.54, 1.807) is 13.3 Å². The number of carboxylic acids is 1. The molecule has 1 aliphatic heterocycles. The molecule has 182 valence electrons. The lowest BCUT2D eigenvalue weighted by Crippen LogP contribution is -2.44. The second-order valence-corrected chi connectivity index (χ2v) is 10.5. The highest BCUT2D eigenvalue weighted by atomic mass is 35.5. The molecule has 2 heterocycles. The lowest BCUT2D eigenvalue weighted by Gasteiger charge is -2.37. The number of fused-ring (bicyclic) bond motifs is 1. The van der Waals surface area contributed by atoms with Crippen LogP contribution in [0.3, 0.4) is 0 Å². The Balaban J connectivity index is 1.62. The maximum atomic E-state index is 12.0. The first-order valence-corrected chi connectivity index (χ1v) is 13.4. The molecule has 1 aromatic carbocycles. The van der Waals surface area contributed by atoms with Gasteiger partial charge in [-0.15, -0.1) is 0 Å². The fourth-order valence-electron chi connectivity index (χ4n) is 4.65. The molecule has 1 aliphatic rings. The summed E-state index contributed by atoms with van der Waals surface area (Å²) in [5.74, 6) is 2.06. The zero-order valence-corrected chi connectivity index (χ0v) is 21.2. The predicted molar refractivity (Wildman–Crippen MR) is 137 cm³/mol. The highest BCUT2D eigenvalue weighted by Gasteiger charge is 2.34. The molecule has 2 aromatic rings. The van der Waals surface area contributed by atoms with Crippen molar-refractivity contribution in [2.45, 2.75) is 45.1 Å². The molecule has 3 N–H and O–H groups in total. The minimum Gasteiger partial charge on any atom is -0.497 e. The van der Waals surface area contributed by atoms with E-state index in [0.29, 0.717) is 18.0 Å². The van der Waals surface area contributed by atoms with Gasteiger partial charge in [-0.2, -0.15) is 11.8 Å². The van der Waals surface area contributed by atoms with Gasteiger partial charge in [0, 0.05) is 36.5 Å². The van der Waals surface area contributed by atoms with Gasteiger partial charge < -0.3 is 20.5 Å². The summed E-state index contributed by atoms with van der Waals surface area (Å²) in [6, 6.07) is 5.39. The predicted octanol–water partition coefficient (Wildman–Crippen LogP) is 5.23. The van der Waals surface area contributed by atoms with E-state index in [-0.39, 0.29) is 17.9 Å². The van der Waals surface area contributed by atoms with Crippen molar-refractivity contribution in [2.24, 2.45) is 17.6 Å². The molecule has 1 saturated heterocycles. The maximum Gasteiger partial charge on any atom is 0.308 e. The molecule has 0 spiro atoms. The zero-order chi connectivity index (χ0) is 23.8. The summed E-state index contributed by atoms with van der Waals surface area (Å²) in [5.41, 5.74) is 8.29. The molecule has 0 bridgehead atoms. The summed E-state index contributed by atoms with van der Waals surface area (Å²) in [6.07, 6.45) is 6.44. The van der Waals surface area contributed by atoms with Crippen LogP contribution in [0, 0.1) is 11.8 Å². The summed E-state index contributed by atoms with van der Waals surface area (Å²) >= 11 is 8.47. The lowest BCUT2D eigenvalue weighted by atomic mass is 9.81. The topological polar surface area (TPSA) is 88.7 Å². The van der Waals surface area contributed by atoms with Gasteiger partial charge >= 0.3 is 5.97 Å². The molecule has 1 aromatic heterocycles. The van der Waals surface area contributed by atoms with Crippen molar-refractivity contribution in [3.05, 3.63) is 35.0 Å². The number of benzene rings is 1. The average Bonchev–Trinajstić information content (AvgIpc) is 2.82. The van der Waals surface area contributed by atoms with E-state index in [1.807, 2.05) is 30.0 Å². The quantitative estimate of drug-likeness (QED) is 0.391. The Hall–Kier alpha value is -1.54. The van der Waals surface area contributed by atoms with E-state index in [9.17, 15) is 9.90 Å². The number of thioether (sulfide) groups is 1. The van der Waals surface area contributed by atoms with Crippen molar-refractivity contribution in [3.63, 3.8) is 0 Å². The van der Waals surface area contributed by atoms with Crippen LogP contribution in [0.1, 0.15) is 50.6 Å². The smallest absolute Gasteiger partial charge is 0.308 e. The van der Waals surface area contributed by atoms with E-state index < -0.39 is 5.97 Å². The summed E-state index contributed by atoms with van der Waals surface area (Å²) in [6.45, 7) is 4.75. The van der Waals surface area contributed by atoms with Crippen LogP contribution >= 0.6 is 23.4 Å². The van der Waals surface area contributed by atoms with Crippen molar-refractivity contribution in [1.29, 1.82) is 0 Å². The molecule has 3 unspecified atom stereocenters. The van der Waals surface area contributed by atoms with E-state index in [1.165, 1.54) is 18.6 Å². The molecule has 0 aliphatic carbocycles. The molecular weight excluding hydrogens is 458 g/mol. The number of carboxylic acid groups (broad SMARTS) is 1. The van der Waals surface area contributed by atoms with Crippen LogP contribution in [-0.4, -0.2) is 59.2 Å². The van der Waals surface area contributed by atoms with E-state index in [0.717, 1.165) is 53.9 Å². The number of piperidine rings is 1. The SMILES string of the molecule is CCCCSCCN1CCC(CCC(N)c2c(Cl)cnc3ccc(OC)cc23)C(C(=O)O)C1. The first-order chi connectivity index (χ1) is 15.9. The maximum absolute atomic E-state index is 12.0. The van der Waals surface area contributed by atoms with Crippen molar-refractivity contribution in [2.75, 3.05) is 38.2 Å². The van der Waals surface area contributed by atoms with Gasteiger partial charge in [0.2, 0.25) is 0 Å². The molecule has 1 fully saturated rings. The van der Waals surface area contributed by atoms with Gasteiger partial charge in [0.1, 0.15) is 5.75 Å². The van der Waals surface area contributed by atoms with Gasteiger partial charge in [-0.05, 0) is 67.7 Å². The zero-order valence-electron chi connectivity index (χ0n) is 19.6. The van der Waals surface area contributed by atoms with Crippen LogP contribution < -0.4 is 10.5 Å². The lowest BCUT2D eigenvalue weighted by molar-refractivity contribution is -0.146. The number of pyridine rings is 1. The number of unbranched alkanes of at least 4 members (excludes halogenated alkanes) is 1. The fraction of sp³-hybridized carbons (Fsp3) is 0.600. The molecular formula is C25H36ClN3O3S. The third kappa shape index (κ3) is 6.98. The fourth-order valence-corrected chi connectivity index (χ4v) is 6.02. The number of nitrogens with two attached hydrogens (primary N) is 1. The van der Waals surface area contributed by atoms with Gasteiger partial charge in [0.15, 0.2) is 0 Å². The minimum atomic E-state index is -0.700. The van der Waals surface area contributed by atoms with Crippen LogP contribution in [0.4, 0.5) is 0 Å². The van der Waals surface area contributed by atoms with Crippen LogP contribution in [0.25, 0.3) is 10.9 Å². The summed E-state index contributed by atoms with van der Waals surface area (Å²) in [4.78, 5) is 18.8. The van der Waals surface area contributed by atoms with Gasteiger partial charge in [-0.25, -0.2) is 0 Å². The Labute approximate surface area is 206 Å². The molecule has 33 heavy (non-hydrogen) atoms. The summed E-state index contributed by atoms with van der Waals surface area (Å²) in [7, 11) is 1.63. The number of carbonyl (C=O) groups is 1. The second kappa shape index (κ2) is 12.8. The first-order valence-electron chi connectivity index (χ1n) is 11.8. The normalized spacial score (nSPS) is 20.1. The summed E-state index contributed by atoms with van der Waals surface area (Å²) in [5, 5.41) is 11.3. The molecule has 6 nitrogen and oxygen atoms in total. The van der Waals surface area contributed by atoms with Crippen LogP contribution in [0.15, 0.2) is 24.4 Å². The van der Waals surface area contributed by atoms with Crippen LogP contribution in [-0.2, 0) is 4.79 Å². The van der Waals surface area contributed by atoms with Crippen LogP contribution in [0.2, 0.25) is 5.02 Å². The molecule has 3 rings (SSSR count). The van der Waals surface area contributed by atoms with Gasteiger partial charge in [-0.3, -0.25) is 9.78 Å². The number of methoxy groups -OCH3 is 1. The highest BCUT2D eigenvalue weighted by Crippen LogP contribution is 2.36. The number of likely N-dealkylation sites (tertiary alicyclic amines) is 1. The third-order valence-electron chi connectivity index (χ3n) is 6.64. The number of rotatable bonds is 12. The molecule has 0 amide bonds. The van der Waals surface area contributed by atoms with Crippen molar-refractivity contribution in [1.82, 2.24) is 9.88 Å². The standard InChI is InChI=1S/C25H36ClN3O3S/c1-3-4-12-33-13-11-29-10-9-17(20(16-29)25(30)31)5-7-22(27)24-19-14-18(32-2)6-8-23(19)28-15-21(24)26/h6,8,14-15,17,20,22H,3-5,7,9-13,16,27H2,1-2H3,(H,30,31). The molecule has 0 radical (unpaired) electrons. The van der Waals surface area contributed by atoms with E-state index in [2.05, 4.69) is 16.8 Å². The number of ether oxygens (including phenoxy) is 1. The number of aliphatic carboxylic acids is 1. The highest BCUT2D eigenvalue weighted by molar-refractivity contribution is 7.99. The monoisotopic (exact) mass is 493 g/mol. The Morgan fingerprint density at radius 1 is 1.42 bits per heavy atom. The van der Waals surface area contributed by atoms with Gasteiger partial charge in [0.05, 0.1) is 23.6 Å². The average molecular weight is 494 g/mol. The molecule has 3 atom stereocenters. The molecule has 0 saturated carbocycles. The third-order valence-corrected chi connectivity index (χ3v) is 7.99. The number of aromatic nitrogens is 1. The van der Waals surface area contributed by atoms with Crippen LogP contribution in [0.5, 0.6) is 5.75 Å². The Morgan fingerprint density at radius 3 is 2.97 bits per heavy atom. The number of hydrogen-bond acceptors (Lipinski definition) is 6. The first kappa shape index (κ1) is 26.1. The van der Waals surface area contributed by atoms with Crippen molar-refractivity contribution in [3.8, 4) is 5.75 Å². The van der Waals surface area contributed by atoms with Crippen molar-refractivity contribution >= 4 is 40.2 Å². The van der Waals surface area contributed by atoms with Crippen molar-refractivity contribution < 1.29 is 14.6 Å². The van der Waals surface area contributed by atoms with Gasteiger partial charge in [0.25, 0.3) is 0 Å². The summed E-state index contributed by atoms with van der Waals surface area (Å²) < 4.78 is 5.37. The number of nitrogens with zero attached hydrogens (tertiary/aromatic N) is 2. The Kier molecular flexibility index (Phi) is 10.1. The Morgan fingerprint density at radius 2 is 2.24 bits per heavy atom. The Bertz CT molecular complexity index is 929. The molecule has 8 heteroatoms. The number of halogens is 1. The minimum absolute atomic E-state index is 0.124. The number of hydrogen-bond donors (Lipinski definition) is 2. The largest absolute Gasteiger partial charge is 0.497 e. The second-order valence-electron chi connectivity index (χ2n) is 8.85. The van der Waals surface area contributed by atoms with E-state index >= 15 is 0 Å².